The van der Waals surface area contributed by atoms with Gasteiger partial charge in [0.15, 0.2) is 17.5 Å². The number of benzene rings is 6. The highest BCUT2D eigenvalue weighted by Gasteiger charge is 2.45. The topological polar surface area (TPSA) is 38.7 Å². The van der Waals surface area contributed by atoms with E-state index < -0.39 is 0 Å². The summed E-state index contributed by atoms with van der Waals surface area (Å²) >= 11 is 0. The molecule has 0 unspecified atom stereocenters. The Morgan fingerprint density at radius 1 is 0.386 bits per heavy atom. The fourth-order valence-electron chi connectivity index (χ4n) is 6.89. The van der Waals surface area contributed by atoms with Gasteiger partial charge in [0, 0.05) is 16.7 Å². The third-order valence-electron chi connectivity index (χ3n) is 10.1. The average molecular weight is 568 g/mol. The number of hydrogen-bond donors (Lipinski definition) is 0. The first kappa shape index (κ1) is 26.5. The first-order chi connectivity index (χ1) is 21.3. The van der Waals surface area contributed by atoms with Crippen molar-refractivity contribution in [1.82, 2.24) is 15.0 Å². The Balaban J connectivity index is 1.32. The summed E-state index contributed by atoms with van der Waals surface area (Å²) < 4.78 is 0. The van der Waals surface area contributed by atoms with Crippen molar-refractivity contribution < 1.29 is 0 Å². The number of nitrogens with zero attached hydrogens (tertiary/aromatic N) is 3. The van der Waals surface area contributed by atoms with Crippen LogP contribution >= 0.6 is 0 Å². The molecule has 212 valence electrons. The van der Waals surface area contributed by atoms with E-state index in [4.69, 9.17) is 15.0 Å². The molecule has 1 aliphatic carbocycles. The Labute approximate surface area is 258 Å². The molecular formula is C41H33N3. The smallest absolute Gasteiger partial charge is 0.164 e. The van der Waals surface area contributed by atoms with E-state index in [9.17, 15) is 0 Å². The molecule has 0 amide bonds. The van der Waals surface area contributed by atoms with Gasteiger partial charge in [-0.05, 0) is 66.8 Å². The average Bonchev–Trinajstić information content (AvgIpc) is 3.07. The summed E-state index contributed by atoms with van der Waals surface area (Å²) in [7, 11) is 0. The normalized spacial score (nSPS) is 14.7. The minimum Gasteiger partial charge on any atom is -0.208 e. The maximum absolute atomic E-state index is 5.12. The van der Waals surface area contributed by atoms with Crippen molar-refractivity contribution in [1.29, 1.82) is 0 Å². The second-order valence-corrected chi connectivity index (χ2v) is 13.0. The van der Waals surface area contributed by atoms with Crippen LogP contribution < -0.4 is 0 Å². The van der Waals surface area contributed by atoms with Crippen LogP contribution in [-0.2, 0) is 10.8 Å². The van der Waals surface area contributed by atoms with Crippen molar-refractivity contribution in [2.45, 2.75) is 38.5 Å². The molecule has 0 fully saturated rings. The van der Waals surface area contributed by atoms with Crippen LogP contribution in [0.5, 0.6) is 0 Å². The Morgan fingerprint density at radius 2 is 0.932 bits per heavy atom. The summed E-state index contributed by atoms with van der Waals surface area (Å²) in [5, 5.41) is 4.88. The highest BCUT2D eigenvalue weighted by Crippen LogP contribution is 2.54. The van der Waals surface area contributed by atoms with Crippen LogP contribution in [0.1, 0.15) is 38.8 Å². The van der Waals surface area contributed by atoms with Gasteiger partial charge in [0.2, 0.25) is 0 Å². The van der Waals surface area contributed by atoms with Crippen LogP contribution in [0, 0.1) is 0 Å². The van der Waals surface area contributed by atoms with Crippen molar-refractivity contribution in [2.24, 2.45) is 0 Å². The molecule has 1 aromatic heterocycles. The second-order valence-electron chi connectivity index (χ2n) is 13.0. The largest absolute Gasteiger partial charge is 0.208 e. The van der Waals surface area contributed by atoms with Crippen molar-refractivity contribution in [2.75, 3.05) is 0 Å². The lowest BCUT2D eigenvalue weighted by atomic mass is 9.55. The molecule has 6 aromatic carbocycles. The predicted molar refractivity (Wildman–Crippen MR) is 183 cm³/mol. The van der Waals surface area contributed by atoms with Crippen molar-refractivity contribution in [3.05, 3.63) is 139 Å². The third-order valence-corrected chi connectivity index (χ3v) is 10.1. The number of fused-ring (bicyclic) bond motifs is 6. The van der Waals surface area contributed by atoms with Gasteiger partial charge in [-0.25, -0.2) is 15.0 Å². The molecule has 3 heteroatoms. The quantitative estimate of drug-likeness (QED) is 0.199. The standard InChI is InChI=1S/C41H33N3/c1-40(2)35-17-11-10-16-33(35)34-25-30(21-23-36(34)41(40,3)4)39-43-37(27-13-6-5-7-14-27)42-38(44-39)29-20-22-32-28(24-29)19-18-26-12-8-9-15-31(26)32/h5-25H,1-4H3. The molecule has 0 aliphatic heterocycles. The second kappa shape index (κ2) is 9.68. The molecule has 8 rings (SSSR count). The van der Waals surface area contributed by atoms with Crippen LogP contribution in [0.15, 0.2) is 127 Å². The van der Waals surface area contributed by atoms with Crippen LogP contribution in [0.2, 0.25) is 0 Å². The molecule has 3 nitrogen and oxygen atoms in total. The Morgan fingerprint density at radius 3 is 1.70 bits per heavy atom. The lowest BCUT2D eigenvalue weighted by Gasteiger charge is -2.48. The van der Waals surface area contributed by atoms with Crippen molar-refractivity contribution in [3.8, 4) is 45.3 Å². The van der Waals surface area contributed by atoms with Crippen LogP contribution in [0.4, 0.5) is 0 Å². The third kappa shape index (κ3) is 4.00. The minimum absolute atomic E-state index is 0.0136. The summed E-state index contributed by atoms with van der Waals surface area (Å²) in [4.78, 5) is 15.2. The predicted octanol–water partition coefficient (Wildman–Crippen LogP) is 10.4. The van der Waals surface area contributed by atoms with Crippen LogP contribution in [0.25, 0.3) is 66.8 Å². The first-order valence-corrected chi connectivity index (χ1v) is 15.3. The maximum Gasteiger partial charge on any atom is 0.164 e. The van der Waals surface area contributed by atoms with Gasteiger partial charge in [0.25, 0.3) is 0 Å². The van der Waals surface area contributed by atoms with E-state index in [1.807, 2.05) is 18.2 Å². The van der Waals surface area contributed by atoms with E-state index in [0.717, 1.165) is 16.7 Å². The van der Waals surface area contributed by atoms with E-state index in [0.29, 0.717) is 17.5 Å². The molecule has 0 saturated heterocycles. The van der Waals surface area contributed by atoms with Gasteiger partial charge in [-0.15, -0.1) is 0 Å². The molecule has 0 N–H and O–H groups in total. The molecule has 0 spiro atoms. The summed E-state index contributed by atoms with van der Waals surface area (Å²) in [6.07, 6.45) is 0. The molecular weight excluding hydrogens is 534 g/mol. The first-order valence-electron chi connectivity index (χ1n) is 15.3. The van der Waals surface area contributed by atoms with Crippen LogP contribution in [-0.4, -0.2) is 15.0 Å². The molecule has 0 atom stereocenters. The van der Waals surface area contributed by atoms with Crippen LogP contribution in [0.3, 0.4) is 0 Å². The summed E-state index contributed by atoms with van der Waals surface area (Å²) in [6, 6.07) is 45.2. The minimum atomic E-state index is -0.0516. The zero-order chi connectivity index (χ0) is 30.1. The summed E-state index contributed by atoms with van der Waals surface area (Å²) in [5.74, 6) is 2.02. The molecule has 0 radical (unpaired) electrons. The van der Waals surface area contributed by atoms with Gasteiger partial charge in [0.05, 0.1) is 0 Å². The zero-order valence-electron chi connectivity index (χ0n) is 25.5. The monoisotopic (exact) mass is 567 g/mol. The molecule has 7 aromatic rings. The Kier molecular flexibility index (Phi) is 5.83. The van der Waals surface area contributed by atoms with Gasteiger partial charge in [-0.3, -0.25) is 0 Å². The molecule has 0 bridgehead atoms. The highest BCUT2D eigenvalue weighted by molar-refractivity contribution is 6.08. The lowest BCUT2D eigenvalue weighted by Crippen LogP contribution is -2.43. The molecule has 1 heterocycles. The van der Waals surface area contributed by atoms with Gasteiger partial charge in [-0.1, -0.05) is 143 Å². The highest BCUT2D eigenvalue weighted by atomic mass is 15.0. The van der Waals surface area contributed by atoms with Gasteiger partial charge < -0.3 is 0 Å². The number of hydrogen-bond acceptors (Lipinski definition) is 3. The van der Waals surface area contributed by atoms with Gasteiger partial charge in [0.1, 0.15) is 0 Å². The van der Waals surface area contributed by atoms with Gasteiger partial charge >= 0.3 is 0 Å². The lowest BCUT2D eigenvalue weighted by molar-refractivity contribution is 0.299. The number of rotatable bonds is 3. The molecule has 44 heavy (non-hydrogen) atoms. The van der Waals surface area contributed by atoms with Crippen molar-refractivity contribution >= 4 is 21.5 Å². The summed E-state index contributed by atoms with van der Waals surface area (Å²) in [6.45, 7) is 9.44. The molecule has 0 saturated carbocycles. The Bertz CT molecular complexity index is 2230. The van der Waals surface area contributed by atoms with E-state index in [1.165, 1.54) is 43.8 Å². The maximum atomic E-state index is 5.12. The van der Waals surface area contributed by atoms with E-state index >= 15 is 0 Å². The SMILES string of the molecule is CC1(C)c2ccccc2-c2cc(-c3nc(-c4ccccc4)nc(-c4ccc5c(ccc6ccccc65)c4)n3)ccc2C1(C)C. The summed E-state index contributed by atoms with van der Waals surface area (Å²) in [5.41, 5.74) is 8.13. The fourth-order valence-corrected chi connectivity index (χ4v) is 6.89. The molecule has 1 aliphatic rings. The zero-order valence-corrected chi connectivity index (χ0v) is 25.5. The van der Waals surface area contributed by atoms with E-state index in [2.05, 4.69) is 137 Å². The van der Waals surface area contributed by atoms with Crippen molar-refractivity contribution in [3.63, 3.8) is 0 Å². The van der Waals surface area contributed by atoms with E-state index in [1.54, 1.807) is 0 Å². The van der Waals surface area contributed by atoms with Gasteiger partial charge in [-0.2, -0.15) is 0 Å². The fraction of sp³-hybridized carbons (Fsp3) is 0.146. The number of aromatic nitrogens is 3. The van der Waals surface area contributed by atoms with E-state index in [-0.39, 0.29) is 10.8 Å². The Hall–Kier alpha value is -5.15.